The van der Waals surface area contributed by atoms with Crippen LogP contribution in [0.25, 0.3) is 5.78 Å². The van der Waals surface area contributed by atoms with E-state index >= 15 is 0 Å². The number of halogens is 1. The second-order valence-electron chi connectivity index (χ2n) is 7.67. The first kappa shape index (κ1) is 21.8. The number of aromatic nitrogens is 4. The van der Waals surface area contributed by atoms with Crippen molar-refractivity contribution >= 4 is 33.3 Å². The van der Waals surface area contributed by atoms with Crippen LogP contribution in [0.3, 0.4) is 0 Å². The summed E-state index contributed by atoms with van der Waals surface area (Å²) in [5.74, 6) is 0.546. The van der Waals surface area contributed by atoms with Crippen LogP contribution >= 0.6 is 15.9 Å². The number of anilines is 1. The van der Waals surface area contributed by atoms with E-state index in [0.29, 0.717) is 28.5 Å². The highest BCUT2D eigenvalue weighted by Crippen LogP contribution is 2.27. The first-order chi connectivity index (χ1) is 15.3. The number of nitrogens with zero attached hydrogens (tertiary/aromatic N) is 4. The average Bonchev–Trinajstić information content (AvgIpc) is 3.18. The zero-order valence-corrected chi connectivity index (χ0v) is 19.5. The number of aryl methyl sites for hydroxylation is 1. The lowest BCUT2D eigenvalue weighted by Crippen LogP contribution is -2.23. The third-order valence-electron chi connectivity index (χ3n) is 4.83. The third kappa shape index (κ3) is 4.57. The van der Waals surface area contributed by atoms with Gasteiger partial charge in [-0.05, 0) is 56.7 Å². The molecule has 8 nitrogen and oxygen atoms in total. The maximum atomic E-state index is 12.7. The molecule has 4 aromatic rings. The monoisotopic (exact) mass is 495 g/mol. The van der Waals surface area contributed by atoms with E-state index in [2.05, 4.69) is 31.2 Å². The van der Waals surface area contributed by atoms with Gasteiger partial charge in [-0.3, -0.25) is 14.3 Å². The molecule has 2 heterocycles. The van der Waals surface area contributed by atoms with E-state index < -0.39 is 0 Å². The van der Waals surface area contributed by atoms with Gasteiger partial charge in [0.2, 0.25) is 0 Å². The molecule has 2 aromatic heterocycles. The fraction of sp³-hybridized carbons (Fsp3) is 0.217. The molecule has 32 heavy (non-hydrogen) atoms. The number of hydrogen-bond donors (Lipinski definition) is 1. The summed E-state index contributed by atoms with van der Waals surface area (Å²) in [5, 5.41) is 2.90. The Balaban J connectivity index is 1.56. The van der Waals surface area contributed by atoms with Crippen molar-refractivity contribution in [2.24, 2.45) is 0 Å². The van der Waals surface area contributed by atoms with Gasteiger partial charge in [0.25, 0.3) is 17.2 Å². The van der Waals surface area contributed by atoms with Gasteiger partial charge in [-0.2, -0.15) is 9.50 Å². The molecule has 0 atom stereocenters. The molecule has 0 unspecified atom stereocenters. The fourth-order valence-corrected chi connectivity index (χ4v) is 3.65. The largest absolute Gasteiger partial charge is 0.485 e. The molecule has 1 N–H and O–H groups in total. The molecule has 0 saturated heterocycles. The van der Waals surface area contributed by atoms with Crippen LogP contribution in [-0.4, -0.2) is 25.1 Å². The minimum absolute atomic E-state index is 0.0586. The van der Waals surface area contributed by atoms with Crippen LogP contribution in [0, 0.1) is 6.92 Å². The molecule has 0 radical (unpaired) electrons. The van der Waals surface area contributed by atoms with Gasteiger partial charge in [-0.15, -0.1) is 0 Å². The van der Waals surface area contributed by atoms with Crippen molar-refractivity contribution in [3.63, 3.8) is 0 Å². The molecule has 9 heteroatoms. The van der Waals surface area contributed by atoms with Crippen LogP contribution in [-0.2, 0) is 6.61 Å². The Morgan fingerprint density at radius 1 is 1.19 bits per heavy atom. The Morgan fingerprint density at radius 2 is 2.00 bits per heavy atom. The number of fused-ring (bicyclic) bond motifs is 1. The number of nitrogens with one attached hydrogen (secondary N) is 1. The molecule has 1 amide bonds. The lowest BCUT2D eigenvalue weighted by molar-refractivity contribution is 0.102. The lowest BCUT2D eigenvalue weighted by atomic mass is 10.1. The third-order valence-corrected chi connectivity index (χ3v) is 5.32. The summed E-state index contributed by atoms with van der Waals surface area (Å²) in [7, 11) is 0. The molecule has 2 aromatic carbocycles. The van der Waals surface area contributed by atoms with Crippen molar-refractivity contribution in [2.45, 2.75) is 33.4 Å². The van der Waals surface area contributed by atoms with E-state index in [0.717, 1.165) is 10.0 Å². The number of amides is 1. The second-order valence-corrected chi connectivity index (χ2v) is 8.58. The molecule has 0 aliphatic rings. The summed E-state index contributed by atoms with van der Waals surface area (Å²) in [6.45, 7) is 5.92. The van der Waals surface area contributed by atoms with Crippen LogP contribution in [0.15, 0.2) is 64.1 Å². The van der Waals surface area contributed by atoms with E-state index in [-0.39, 0.29) is 24.1 Å². The van der Waals surface area contributed by atoms with Gasteiger partial charge in [0, 0.05) is 22.1 Å². The fourth-order valence-electron chi connectivity index (χ4n) is 3.25. The van der Waals surface area contributed by atoms with Crippen molar-refractivity contribution in [2.75, 3.05) is 5.32 Å². The Bertz CT molecular complexity index is 1360. The number of hydrogen-bond acceptors (Lipinski definition) is 5. The number of ether oxygens (including phenoxy) is 1. The normalized spacial score (nSPS) is 11.2. The molecule has 0 aliphatic carbocycles. The SMILES string of the molecule is Cc1ccc(OCc2cc(=O)n3c(ncn3C(C)C)n2)c(NC(=O)c2cccc(Br)c2)c1. The highest BCUT2D eigenvalue weighted by atomic mass is 79.9. The second kappa shape index (κ2) is 8.96. The maximum Gasteiger partial charge on any atom is 0.274 e. The van der Waals surface area contributed by atoms with Crippen molar-refractivity contribution in [1.29, 1.82) is 0 Å². The van der Waals surface area contributed by atoms with E-state index in [9.17, 15) is 9.59 Å². The zero-order chi connectivity index (χ0) is 22.8. The van der Waals surface area contributed by atoms with Gasteiger partial charge in [-0.1, -0.05) is 28.1 Å². The molecular formula is C23H22BrN5O3. The van der Waals surface area contributed by atoms with Crippen LogP contribution in [0.2, 0.25) is 0 Å². The van der Waals surface area contributed by atoms with Crippen LogP contribution < -0.4 is 15.6 Å². The van der Waals surface area contributed by atoms with E-state index in [1.165, 1.54) is 10.6 Å². The molecule has 0 fully saturated rings. The van der Waals surface area contributed by atoms with Gasteiger partial charge < -0.3 is 10.1 Å². The Kier molecular flexibility index (Phi) is 6.09. The van der Waals surface area contributed by atoms with Crippen molar-refractivity contribution in [3.8, 4) is 5.75 Å². The molecule has 164 valence electrons. The number of carbonyl (C=O) groups is 1. The standard InChI is InChI=1S/C23H22BrN5O3/c1-14(2)28-13-25-23-26-18(11-21(30)29(23)28)12-32-20-8-7-15(3)9-19(20)27-22(31)16-5-4-6-17(24)10-16/h4-11,13-14H,12H2,1-3H3,(H,27,31). The lowest BCUT2D eigenvalue weighted by Gasteiger charge is -2.14. The Labute approximate surface area is 193 Å². The number of rotatable bonds is 6. The highest BCUT2D eigenvalue weighted by Gasteiger charge is 2.13. The maximum absolute atomic E-state index is 12.7. The van der Waals surface area contributed by atoms with E-state index in [1.54, 1.807) is 35.3 Å². The first-order valence-electron chi connectivity index (χ1n) is 10.1. The summed E-state index contributed by atoms with van der Waals surface area (Å²) < 4.78 is 9.91. The Morgan fingerprint density at radius 3 is 2.75 bits per heavy atom. The zero-order valence-electron chi connectivity index (χ0n) is 17.9. The smallest absolute Gasteiger partial charge is 0.274 e. The first-order valence-corrected chi connectivity index (χ1v) is 10.9. The number of benzene rings is 2. The van der Waals surface area contributed by atoms with Gasteiger partial charge in [-0.25, -0.2) is 4.98 Å². The minimum atomic E-state index is -0.251. The molecule has 0 spiro atoms. The predicted molar refractivity (Wildman–Crippen MR) is 125 cm³/mol. The summed E-state index contributed by atoms with van der Waals surface area (Å²) in [5.41, 5.74) is 2.25. The molecule has 4 rings (SSSR count). The van der Waals surface area contributed by atoms with Crippen molar-refractivity contribution in [3.05, 3.63) is 86.5 Å². The molecular weight excluding hydrogens is 474 g/mol. The summed E-state index contributed by atoms with van der Waals surface area (Å²) in [4.78, 5) is 33.9. The topological polar surface area (TPSA) is 90.5 Å². The summed E-state index contributed by atoms with van der Waals surface area (Å²) in [6, 6.07) is 14.1. The number of carbonyl (C=O) groups excluding carboxylic acids is 1. The van der Waals surface area contributed by atoms with Gasteiger partial charge >= 0.3 is 0 Å². The van der Waals surface area contributed by atoms with Crippen LogP contribution in [0.1, 0.15) is 41.5 Å². The molecule has 0 saturated carbocycles. The summed E-state index contributed by atoms with van der Waals surface area (Å²) >= 11 is 3.38. The quantitative estimate of drug-likeness (QED) is 0.428. The van der Waals surface area contributed by atoms with Gasteiger partial charge in [0.1, 0.15) is 18.7 Å². The summed E-state index contributed by atoms with van der Waals surface area (Å²) in [6.07, 6.45) is 1.59. The Hall–Kier alpha value is -3.46. The molecule has 0 bridgehead atoms. The minimum Gasteiger partial charge on any atom is -0.485 e. The highest BCUT2D eigenvalue weighted by molar-refractivity contribution is 9.10. The molecule has 0 aliphatic heterocycles. The average molecular weight is 496 g/mol. The van der Waals surface area contributed by atoms with Crippen molar-refractivity contribution in [1.82, 2.24) is 19.2 Å². The van der Waals surface area contributed by atoms with Crippen LogP contribution in [0.5, 0.6) is 5.75 Å². The predicted octanol–water partition coefficient (Wildman–Crippen LogP) is 4.37. The van der Waals surface area contributed by atoms with E-state index in [1.807, 2.05) is 39.0 Å². The van der Waals surface area contributed by atoms with Crippen molar-refractivity contribution < 1.29 is 9.53 Å². The van der Waals surface area contributed by atoms with E-state index in [4.69, 9.17) is 4.74 Å². The van der Waals surface area contributed by atoms with Gasteiger partial charge in [0.05, 0.1) is 11.4 Å². The van der Waals surface area contributed by atoms with Crippen LogP contribution in [0.4, 0.5) is 5.69 Å². The van der Waals surface area contributed by atoms with Gasteiger partial charge in [0.15, 0.2) is 0 Å².